The Morgan fingerprint density at radius 3 is 2.46 bits per heavy atom. The van der Waals surface area contributed by atoms with E-state index in [1.54, 1.807) is 12.1 Å². The number of nitrogens with zero attached hydrogens (tertiary/aromatic N) is 3. The average molecular weight is 386 g/mol. The largest absolute Gasteiger partial charge is 0.386 e. The van der Waals surface area contributed by atoms with Crippen molar-refractivity contribution < 1.29 is 5.11 Å². The van der Waals surface area contributed by atoms with Crippen LogP contribution in [0.3, 0.4) is 0 Å². The molecule has 0 saturated carbocycles. The summed E-state index contributed by atoms with van der Waals surface area (Å²) in [4.78, 5) is 0. The molecule has 3 rings (SSSR count). The molecule has 1 N–H and O–H groups in total. The SMILES string of the molecule is C=CC(C[Si](C)(C)C)(C(O)c1ccc(Cl)cc1)n1nnc2ccccc21. The molecule has 0 amide bonds. The van der Waals surface area contributed by atoms with Crippen molar-refractivity contribution in [2.45, 2.75) is 37.3 Å². The molecular weight excluding hydrogens is 362 g/mol. The molecule has 0 aliphatic carbocycles. The van der Waals surface area contributed by atoms with Gasteiger partial charge in [-0.15, -0.1) is 11.7 Å². The molecule has 2 atom stereocenters. The molecule has 2 unspecified atom stereocenters. The molecule has 2 aromatic carbocycles. The third-order valence-electron chi connectivity index (χ3n) is 4.57. The van der Waals surface area contributed by atoms with Gasteiger partial charge < -0.3 is 5.11 Å². The van der Waals surface area contributed by atoms with Crippen LogP contribution in [0.15, 0.2) is 61.2 Å². The highest BCUT2D eigenvalue weighted by Gasteiger charge is 2.43. The number of hydrogen-bond acceptors (Lipinski definition) is 3. The molecule has 136 valence electrons. The van der Waals surface area contributed by atoms with Crippen LogP contribution < -0.4 is 0 Å². The summed E-state index contributed by atoms with van der Waals surface area (Å²) in [6.07, 6.45) is 1.01. The van der Waals surface area contributed by atoms with Crippen LogP contribution in [0.4, 0.5) is 0 Å². The van der Waals surface area contributed by atoms with E-state index in [0.29, 0.717) is 5.02 Å². The molecule has 6 heteroatoms. The Kier molecular flexibility index (Phi) is 5.06. The lowest BCUT2D eigenvalue weighted by atomic mass is 9.89. The average Bonchev–Trinajstić information content (AvgIpc) is 3.03. The van der Waals surface area contributed by atoms with E-state index in [1.807, 2.05) is 47.2 Å². The van der Waals surface area contributed by atoms with Gasteiger partial charge in [0.1, 0.15) is 17.2 Å². The topological polar surface area (TPSA) is 50.9 Å². The van der Waals surface area contributed by atoms with Gasteiger partial charge in [0.15, 0.2) is 0 Å². The summed E-state index contributed by atoms with van der Waals surface area (Å²) < 4.78 is 1.84. The van der Waals surface area contributed by atoms with Crippen LogP contribution >= 0.6 is 11.6 Å². The standard InChI is InChI=1S/C20H24ClN3OSi/c1-5-20(14-26(2,3)4,19(25)15-10-12-16(21)13-11-15)24-18-9-7-6-8-17(18)22-23-24/h5-13,19,25H,1,14H2,2-4H3. The Labute approximate surface area is 160 Å². The maximum absolute atomic E-state index is 11.4. The van der Waals surface area contributed by atoms with Crippen LogP contribution in [0.2, 0.25) is 30.7 Å². The third-order valence-corrected chi connectivity index (χ3v) is 6.45. The number of benzene rings is 2. The Hall–Kier alpha value is -1.95. The Morgan fingerprint density at radius 2 is 1.85 bits per heavy atom. The molecule has 0 fully saturated rings. The minimum absolute atomic E-state index is 0.640. The van der Waals surface area contributed by atoms with Crippen molar-refractivity contribution in [2.75, 3.05) is 0 Å². The summed E-state index contributed by atoms with van der Waals surface area (Å²) in [6, 6.07) is 15.9. The zero-order valence-electron chi connectivity index (χ0n) is 15.4. The molecule has 1 heterocycles. The maximum atomic E-state index is 11.4. The van der Waals surface area contributed by atoms with Crippen LogP contribution in [-0.2, 0) is 5.54 Å². The third kappa shape index (κ3) is 3.47. The molecule has 4 nitrogen and oxygen atoms in total. The van der Waals surface area contributed by atoms with Crippen molar-refractivity contribution in [3.05, 3.63) is 71.8 Å². The molecule has 0 aliphatic heterocycles. The van der Waals surface area contributed by atoms with Gasteiger partial charge in [0.05, 0.1) is 5.52 Å². The molecule has 3 aromatic rings. The minimum Gasteiger partial charge on any atom is -0.386 e. The van der Waals surface area contributed by atoms with Crippen molar-refractivity contribution >= 4 is 30.7 Å². The van der Waals surface area contributed by atoms with Crippen LogP contribution in [0.25, 0.3) is 11.0 Å². The summed E-state index contributed by atoms with van der Waals surface area (Å²) in [5.74, 6) is 0. The lowest BCUT2D eigenvalue weighted by Crippen LogP contribution is -2.44. The first-order chi connectivity index (χ1) is 12.3. The smallest absolute Gasteiger partial charge is 0.113 e. The van der Waals surface area contributed by atoms with Gasteiger partial charge in [-0.3, -0.25) is 0 Å². The van der Waals surface area contributed by atoms with Crippen LogP contribution in [0.1, 0.15) is 11.7 Å². The van der Waals surface area contributed by atoms with Crippen molar-refractivity contribution in [3.63, 3.8) is 0 Å². The molecule has 0 bridgehead atoms. The number of halogens is 1. The number of aromatic nitrogens is 3. The fraction of sp³-hybridized carbons (Fsp3) is 0.300. The number of fused-ring (bicyclic) bond motifs is 1. The molecule has 0 radical (unpaired) electrons. The minimum atomic E-state index is -1.61. The highest BCUT2D eigenvalue weighted by atomic mass is 35.5. The molecule has 1 aromatic heterocycles. The summed E-state index contributed by atoms with van der Waals surface area (Å²) >= 11 is 6.03. The second kappa shape index (κ2) is 6.99. The summed E-state index contributed by atoms with van der Waals surface area (Å²) in [5, 5.41) is 20.8. The van der Waals surface area contributed by atoms with E-state index in [0.717, 1.165) is 22.6 Å². The first kappa shape index (κ1) is 18.8. The zero-order chi connectivity index (χ0) is 18.9. The van der Waals surface area contributed by atoms with Crippen molar-refractivity contribution in [3.8, 4) is 0 Å². The molecule has 0 saturated heterocycles. The van der Waals surface area contributed by atoms with E-state index in [4.69, 9.17) is 11.6 Å². The lowest BCUT2D eigenvalue weighted by Gasteiger charge is -2.40. The Morgan fingerprint density at radius 1 is 1.19 bits per heavy atom. The molecule has 0 spiro atoms. The summed E-state index contributed by atoms with van der Waals surface area (Å²) in [5.41, 5.74) is 1.69. The van der Waals surface area contributed by atoms with E-state index in [2.05, 4.69) is 36.5 Å². The zero-order valence-corrected chi connectivity index (χ0v) is 17.1. The fourth-order valence-electron chi connectivity index (χ4n) is 3.52. The highest BCUT2D eigenvalue weighted by Crippen LogP contribution is 2.42. The second-order valence-electron chi connectivity index (χ2n) is 7.88. The van der Waals surface area contributed by atoms with Gasteiger partial charge in [0.2, 0.25) is 0 Å². The molecule has 26 heavy (non-hydrogen) atoms. The van der Waals surface area contributed by atoms with Gasteiger partial charge in [-0.1, -0.05) is 66.8 Å². The Balaban J connectivity index is 2.21. The van der Waals surface area contributed by atoms with E-state index in [1.165, 1.54) is 0 Å². The van der Waals surface area contributed by atoms with Gasteiger partial charge in [-0.2, -0.15) is 0 Å². The van der Waals surface area contributed by atoms with E-state index in [-0.39, 0.29) is 0 Å². The lowest BCUT2D eigenvalue weighted by molar-refractivity contribution is 0.0689. The second-order valence-corrected chi connectivity index (χ2v) is 13.8. The monoisotopic (exact) mass is 385 g/mol. The van der Waals surface area contributed by atoms with Crippen molar-refractivity contribution in [1.82, 2.24) is 15.0 Å². The predicted octanol–water partition coefficient (Wildman–Crippen LogP) is 5.04. The normalized spacial score (nSPS) is 15.6. The quantitative estimate of drug-likeness (QED) is 0.477. The van der Waals surface area contributed by atoms with Crippen LogP contribution in [0.5, 0.6) is 0 Å². The van der Waals surface area contributed by atoms with Crippen LogP contribution in [0, 0.1) is 0 Å². The summed E-state index contributed by atoms with van der Waals surface area (Å²) in [7, 11) is -1.61. The van der Waals surface area contributed by atoms with Gasteiger partial charge in [0.25, 0.3) is 0 Å². The highest BCUT2D eigenvalue weighted by molar-refractivity contribution is 6.76. The maximum Gasteiger partial charge on any atom is 0.113 e. The van der Waals surface area contributed by atoms with E-state index >= 15 is 0 Å². The van der Waals surface area contributed by atoms with Gasteiger partial charge in [0, 0.05) is 13.1 Å². The molecule has 0 aliphatic rings. The number of rotatable bonds is 6. The molecular formula is C20H24ClN3OSi. The van der Waals surface area contributed by atoms with Gasteiger partial charge in [-0.25, -0.2) is 4.68 Å². The first-order valence-corrected chi connectivity index (χ1v) is 12.7. The van der Waals surface area contributed by atoms with Crippen molar-refractivity contribution in [1.29, 1.82) is 0 Å². The fourth-order valence-corrected chi connectivity index (χ4v) is 5.83. The number of para-hydroxylation sites is 1. The first-order valence-electron chi connectivity index (χ1n) is 8.65. The van der Waals surface area contributed by atoms with Gasteiger partial charge in [-0.05, 0) is 35.9 Å². The van der Waals surface area contributed by atoms with Gasteiger partial charge >= 0.3 is 0 Å². The Bertz CT molecular complexity index is 917. The number of aliphatic hydroxyl groups is 1. The summed E-state index contributed by atoms with van der Waals surface area (Å²) in [6.45, 7) is 10.9. The van der Waals surface area contributed by atoms with Crippen molar-refractivity contribution in [2.24, 2.45) is 0 Å². The number of hydrogen-bond donors (Lipinski definition) is 1. The van der Waals surface area contributed by atoms with Crippen LogP contribution in [-0.4, -0.2) is 28.2 Å². The van der Waals surface area contributed by atoms with E-state index in [9.17, 15) is 5.11 Å². The predicted molar refractivity (Wildman–Crippen MR) is 110 cm³/mol. The number of aliphatic hydroxyl groups excluding tert-OH is 1. The van der Waals surface area contributed by atoms with E-state index < -0.39 is 19.7 Å².